The first-order valence-corrected chi connectivity index (χ1v) is 11.4. The molecule has 2 fully saturated rings. The zero-order chi connectivity index (χ0) is 22.0. The van der Waals surface area contributed by atoms with E-state index in [1.54, 1.807) is 13.2 Å². The Hall–Kier alpha value is -2.39. The summed E-state index contributed by atoms with van der Waals surface area (Å²) in [5, 5.41) is 0. The SMILES string of the molecule is COc1ccc(Br)c(C(=O)N2CCN(c3cc(N4CCN(C)CC4)nc(C)n3)CC2)c1. The summed E-state index contributed by atoms with van der Waals surface area (Å²) in [6.45, 7) is 8.76. The van der Waals surface area contributed by atoms with Gasteiger partial charge >= 0.3 is 0 Å². The average molecular weight is 489 g/mol. The molecule has 8 nitrogen and oxygen atoms in total. The van der Waals surface area contributed by atoms with E-state index in [-0.39, 0.29) is 5.91 Å². The van der Waals surface area contributed by atoms with Crippen LogP contribution in [0.4, 0.5) is 11.6 Å². The lowest BCUT2D eigenvalue weighted by Gasteiger charge is -2.37. The largest absolute Gasteiger partial charge is 0.497 e. The van der Waals surface area contributed by atoms with Gasteiger partial charge in [0.05, 0.1) is 12.7 Å². The number of methoxy groups -OCH3 is 1. The number of benzene rings is 1. The minimum Gasteiger partial charge on any atom is -0.497 e. The highest BCUT2D eigenvalue weighted by Crippen LogP contribution is 2.26. The van der Waals surface area contributed by atoms with E-state index in [2.05, 4.69) is 53.7 Å². The molecule has 2 saturated heterocycles. The molecular weight excluding hydrogens is 460 g/mol. The number of aryl methyl sites for hydroxylation is 1. The lowest BCUT2D eigenvalue weighted by atomic mass is 10.1. The number of ether oxygens (including phenoxy) is 1. The van der Waals surface area contributed by atoms with Gasteiger partial charge < -0.3 is 24.3 Å². The fourth-order valence-electron chi connectivity index (χ4n) is 4.00. The maximum Gasteiger partial charge on any atom is 0.255 e. The van der Waals surface area contributed by atoms with E-state index in [4.69, 9.17) is 4.74 Å². The molecule has 0 saturated carbocycles. The minimum absolute atomic E-state index is 0.0161. The predicted octanol–water partition coefficient (Wildman–Crippen LogP) is 2.27. The fourth-order valence-corrected chi connectivity index (χ4v) is 4.42. The van der Waals surface area contributed by atoms with Crippen LogP contribution in [0.5, 0.6) is 5.75 Å². The van der Waals surface area contributed by atoms with Crippen LogP contribution in [-0.2, 0) is 0 Å². The second-order valence-electron chi connectivity index (χ2n) is 8.05. The summed E-state index contributed by atoms with van der Waals surface area (Å²) >= 11 is 3.49. The van der Waals surface area contributed by atoms with Crippen LogP contribution in [0.2, 0.25) is 0 Å². The third kappa shape index (κ3) is 4.93. The first-order valence-electron chi connectivity index (χ1n) is 10.6. The summed E-state index contributed by atoms with van der Waals surface area (Å²) in [7, 11) is 3.76. The molecule has 31 heavy (non-hydrogen) atoms. The van der Waals surface area contributed by atoms with Crippen LogP contribution in [0.1, 0.15) is 16.2 Å². The summed E-state index contributed by atoms with van der Waals surface area (Å²) in [5.41, 5.74) is 0.628. The van der Waals surface area contributed by atoms with Gasteiger partial charge in [0, 0.05) is 62.9 Å². The number of anilines is 2. The van der Waals surface area contributed by atoms with E-state index in [0.717, 1.165) is 61.2 Å². The Kier molecular flexibility index (Phi) is 6.62. The van der Waals surface area contributed by atoms with Crippen LogP contribution in [0.15, 0.2) is 28.7 Å². The molecule has 2 aromatic rings. The summed E-state index contributed by atoms with van der Waals surface area (Å²) in [6, 6.07) is 7.57. The molecule has 2 aliphatic rings. The van der Waals surface area contributed by atoms with Gasteiger partial charge in [0.25, 0.3) is 5.91 Å². The fraction of sp³-hybridized carbons (Fsp3) is 0.500. The number of carbonyl (C=O) groups excluding carboxylic acids is 1. The van der Waals surface area contributed by atoms with Crippen LogP contribution < -0.4 is 14.5 Å². The number of hydrogen-bond acceptors (Lipinski definition) is 7. The third-order valence-corrected chi connectivity index (χ3v) is 6.62. The average Bonchev–Trinajstić information content (AvgIpc) is 2.79. The summed E-state index contributed by atoms with van der Waals surface area (Å²) in [5.74, 6) is 3.41. The van der Waals surface area contributed by atoms with Crippen molar-refractivity contribution in [3.8, 4) is 5.75 Å². The maximum absolute atomic E-state index is 13.1. The Labute approximate surface area is 191 Å². The smallest absolute Gasteiger partial charge is 0.255 e. The molecule has 4 rings (SSSR count). The third-order valence-electron chi connectivity index (χ3n) is 5.93. The number of nitrogens with zero attached hydrogens (tertiary/aromatic N) is 6. The minimum atomic E-state index is 0.0161. The molecule has 1 aromatic carbocycles. The van der Waals surface area contributed by atoms with E-state index in [1.807, 2.05) is 24.0 Å². The Morgan fingerprint density at radius 1 is 0.935 bits per heavy atom. The van der Waals surface area contributed by atoms with E-state index in [1.165, 1.54) is 0 Å². The molecule has 3 heterocycles. The summed E-state index contributed by atoms with van der Waals surface area (Å²) in [4.78, 5) is 31.2. The van der Waals surface area contributed by atoms with Crippen molar-refractivity contribution in [3.05, 3.63) is 40.1 Å². The van der Waals surface area contributed by atoms with Crippen molar-refractivity contribution < 1.29 is 9.53 Å². The number of likely N-dealkylation sites (N-methyl/N-ethyl adjacent to an activating group) is 1. The number of aromatic nitrogens is 2. The van der Waals surface area contributed by atoms with Crippen LogP contribution in [0.3, 0.4) is 0 Å². The standard InChI is InChI=1S/C22H29BrN6O2/c1-16-24-20(27-8-6-26(2)7-9-27)15-21(25-16)28-10-12-29(13-11-28)22(30)18-14-17(31-3)4-5-19(18)23/h4-5,14-15H,6-13H2,1-3H3. The van der Waals surface area contributed by atoms with Crippen molar-refractivity contribution in [1.82, 2.24) is 19.8 Å². The summed E-state index contributed by atoms with van der Waals surface area (Å²) in [6.07, 6.45) is 0. The second-order valence-corrected chi connectivity index (χ2v) is 8.90. The van der Waals surface area contributed by atoms with Crippen molar-refractivity contribution in [3.63, 3.8) is 0 Å². The van der Waals surface area contributed by atoms with Gasteiger partial charge in [-0.3, -0.25) is 4.79 Å². The molecule has 0 radical (unpaired) electrons. The molecule has 0 atom stereocenters. The maximum atomic E-state index is 13.1. The van der Waals surface area contributed by atoms with Gasteiger partial charge in [0.15, 0.2) is 0 Å². The zero-order valence-electron chi connectivity index (χ0n) is 18.3. The van der Waals surface area contributed by atoms with Gasteiger partial charge in [-0.2, -0.15) is 0 Å². The van der Waals surface area contributed by atoms with Crippen LogP contribution in [0, 0.1) is 6.92 Å². The van der Waals surface area contributed by atoms with Gasteiger partial charge in [-0.1, -0.05) is 0 Å². The van der Waals surface area contributed by atoms with Gasteiger partial charge in [0.2, 0.25) is 0 Å². The van der Waals surface area contributed by atoms with Crippen LogP contribution in [0.25, 0.3) is 0 Å². The number of piperazine rings is 2. The highest BCUT2D eigenvalue weighted by molar-refractivity contribution is 9.10. The molecule has 1 amide bonds. The Morgan fingerprint density at radius 3 is 2.10 bits per heavy atom. The Morgan fingerprint density at radius 2 is 1.52 bits per heavy atom. The second kappa shape index (κ2) is 9.40. The molecule has 0 aliphatic carbocycles. The number of halogens is 1. The topological polar surface area (TPSA) is 65.0 Å². The van der Waals surface area contributed by atoms with Crippen molar-refractivity contribution in [1.29, 1.82) is 0 Å². The van der Waals surface area contributed by atoms with E-state index in [0.29, 0.717) is 24.4 Å². The lowest BCUT2D eigenvalue weighted by molar-refractivity contribution is 0.0745. The van der Waals surface area contributed by atoms with Crippen molar-refractivity contribution in [2.24, 2.45) is 0 Å². The van der Waals surface area contributed by atoms with Crippen molar-refractivity contribution >= 4 is 33.5 Å². The molecule has 0 bridgehead atoms. The highest BCUT2D eigenvalue weighted by atomic mass is 79.9. The number of rotatable bonds is 4. The van der Waals surface area contributed by atoms with Crippen LogP contribution in [-0.4, -0.2) is 92.2 Å². The van der Waals surface area contributed by atoms with Gasteiger partial charge in [0.1, 0.15) is 23.2 Å². The predicted molar refractivity (Wildman–Crippen MR) is 125 cm³/mol. The van der Waals surface area contributed by atoms with Crippen molar-refractivity contribution in [2.75, 3.05) is 76.3 Å². The molecular formula is C22H29BrN6O2. The molecule has 2 aliphatic heterocycles. The zero-order valence-corrected chi connectivity index (χ0v) is 19.9. The van der Waals surface area contributed by atoms with Gasteiger partial charge in [-0.15, -0.1) is 0 Å². The van der Waals surface area contributed by atoms with Gasteiger partial charge in [-0.25, -0.2) is 9.97 Å². The monoisotopic (exact) mass is 488 g/mol. The molecule has 9 heteroatoms. The molecule has 1 aromatic heterocycles. The van der Waals surface area contributed by atoms with E-state index < -0.39 is 0 Å². The quantitative estimate of drug-likeness (QED) is 0.653. The number of amides is 1. The molecule has 0 unspecified atom stereocenters. The molecule has 166 valence electrons. The lowest BCUT2D eigenvalue weighted by Crippen LogP contribution is -2.49. The summed E-state index contributed by atoms with van der Waals surface area (Å²) < 4.78 is 6.06. The Balaban J connectivity index is 1.43. The number of carbonyl (C=O) groups is 1. The molecule has 0 N–H and O–H groups in total. The normalized spacial score (nSPS) is 17.7. The first kappa shape index (κ1) is 21.8. The number of hydrogen-bond donors (Lipinski definition) is 0. The van der Waals surface area contributed by atoms with Gasteiger partial charge in [-0.05, 0) is 48.1 Å². The van der Waals surface area contributed by atoms with E-state index >= 15 is 0 Å². The highest BCUT2D eigenvalue weighted by Gasteiger charge is 2.25. The first-order chi connectivity index (χ1) is 14.9. The van der Waals surface area contributed by atoms with Crippen molar-refractivity contribution in [2.45, 2.75) is 6.92 Å². The Bertz CT molecular complexity index is 940. The van der Waals surface area contributed by atoms with E-state index in [9.17, 15) is 4.79 Å². The molecule has 0 spiro atoms. The van der Waals surface area contributed by atoms with Crippen LogP contribution >= 0.6 is 15.9 Å².